The number of nitrogens with zero attached hydrogens (tertiary/aromatic N) is 1. The second-order valence-corrected chi connectivity index (χ2v) is 9.24. The molecular weight excluding hydrogens is 572 g/mol. The number of carboxylic acids is 1. The van der Waals surface area contributed by atoms with E-state index in [1.54, 1.807) is 18.3 Å². The van der Waals surface area contributed by atoms with Gasteiger partial charge in [0.15, 0.2) is 0 Å². The average molecular weight is 599 g/mol. The highest BCUT2D eigenvalue weighted by Crippen LogP contribution is 2.32. The summed E-state index contributed by atoms with van der Waals surface area (Å²) in [7, 11) is 1.34. The number of rotatable bonds is 5. The van der Waals surface area contributed by atoms with Gasteiger partial charge in [-0.25, -0.2) is 9.59 Å². The van der Waals surface area contributed by atoms with Gasteiger partial charge >= 0.3 is 11.9 Å². The number of methoxy groups -OCH3 is 1. The summed E-state index contributed by atoms with van der Waals surface area (Å²) < 4.78 is 7.95. The zero-order chi connectivity index (χ0) is 20.7. The molecule has 6 nitrogen and oxygen atoms in total. The topological polar surface area (TPSA) is 84.3 Å². The Morgan fingerprint density at radius 1 is 1.17 bits per heavy atom. The molecule has 162 valence electrons. The Hall–Kier alpha value is -1.06. The van der Waals surface area contributed by atoms with E-state index >= 15 is 0 Å². The monoisotopic (exact) mass is 596 g/mol. The molecule has 0 unspecified atom stereocenters. The third-order valence-electron chi connectivity index (χ3n) is 4.20. The van der Waals surface area contributed by atoms with Gasteiger partial charge in [0.1, 0.15) is 11.4 Å². The van der Waals surface area contributed by atoms with Crippen molar-refractivity contribution in [3.63, 3.8) is 0 Å². The molecule has 0 bridgehead atoms. The van der Waals surface area contributed by atoms with Crippen LogP contribution in [0, 0.1) is 11.8 Å². The number of ether oxygens (including phenoxy) is 1. The fourth-order valence-corrected chi connectivity index (χ4v) is 3.71. The van der Waals surface area contributed by atoms with Crippen LogP contribution in [0.4, 0.5) is 0 Å². The number of alkyl halides is 1. The molecule has 0 saturated heterocycles. The minimum atomic E-state index is -0.855. The number of aromatic amines is 1. The number of hydrogen-bond donors (Lipinski definition) is 2. The second-order valence-electron chi connectivity index (χ2n) is 6.77. The molecule has 2 fully saturated rings. The molecule has 2 aliphatic carbocycles. The van der Waals surface area contributed by atoms with Crippen LogP contribution in [0.2, 0.25) is 0 Å². The third kappa shape index (κ3) is 9.53. The lowest BCUT2D eigenvalue weighted by atomic mass is 10.4. The van der Waals surface area contributed by atoms with Crippen LogP contribution in [0.1, 0.15) is 54.1 Å². The predicted octanol–water partition coefficient (Wildman–Crippen LogP) is 6.35. The molecule has 0 atom stereocenters. The minimum Gasteiger partial charge on any atom is -0.477 e. The smallest absolute Gasteiger partial charge is 0.354 e. The highest BCUT2D eigenvalue weighted by molar-refractivity contribution is 9.10. The summed E-state index contributed by atoms with van der Waals surface area (Å²) in [6.45, 7) is 0.841. The number of H-pyrrole nitrogens is 1. The first-order valence-electron chi connectivity index (χ1n) is 8.91. The molecule has 0 aliphatic heterocycles. The van der Waals surface area contributed by atoms with E-state index < -0.39 is 5.97 Å². The van der Waals surface area contributed by atoms with E-state index in [4.69, 9.17) is 5.11 Å². The Morgan fingerprint density at radius 2 is 1.79 bits per heavy atom. The summed E-state index contributed by atoms with van der Waals surface area (Å²) in [5, 5.41) is 10.1. The van der Waals surface area contributed by atoms with Crippen molar-refractivity contribution in [3.8, 4) is 0 Å². The van der Waals surface area contributed by atoms with Gasteiger partial charge in [-0.15, -0.1) is 0 Å². The van der Waals surface area contributed by atoms with E-state index in [0.29, 0.717) is 17.3 Å². The van der Waals surface area contributed by atoms with Crippen molar-refractivity contribution in [2.24, 2.45) is 11.8 Å². The van der Waals surface area contributed by atoms with Crippen LogP contribution in [-0.4, -0.2) is 39.0 Å². The van der Waals surface area contributed by atoms with Gasteiger partial charge in [-0.2, -0.15) is 0 Å². The van der Waals surface area contributed by atoms with Crippen molar-refractivity contribution in [1.82, 2.24) is 9.55 Å². The number of nitrogens with one attached hydrogen (secondary N) is 1. The predicted molar refractivity (Wildman–Crippen MR) is 125 cm³/mol. The summed E-state index contributed by atoms with van der Waals surface area (Å²) in [4.78, 5) is 24.3. The van der Waals surface area contributed by atoms with Crippen molar-refractivity contribution >= 4 is 59.7 Å². The van der Waals surface area contributed by atoms with E-state index in [1.807, 2.05) is 10.8 Å². The number of carboxylic acid groups (broad SMARTS) is 1. The molecule has 0 radical (unpaired) electrons. The van der Waals surface area contributed by atoms with Gasteiger partial charge < -0.3 is 19.4 Å². The molecule has 2 heterocycles. The van der Waals surface area contributed by atoms with Crippen LogP contribution < -0.4 is 0 Å². The first-order chi connectivity index (χ1) is 13.3. The Kier molecular flexibility index (Phi) is 11.3. The summed E-state index contributed by atoms with van der Waals surface area (Å²) in [6, 6.07) is 3.30. The van der Waals surface area contributed by atoms with Crippen LogP contribution in [-0.2, 0) is 11.3 Å². The van der Waals surface area contributed by atoms with Gasteiger partial charge in [0.25, 0.3) is 0 Å². The number of halogens is 3. The second kappa shape index (κ2) is 12.6. The maximum Gasteiger partial charge on any atom is 0.354 e. The third-order valence-corrected chi connectivity index (χ3v) is 6.01. The number of aromatic carboxylic acids is 1. The summed E-state index contributed by atoms with van der Waals surface area (Å²) in [6.07, 6.45) is 8.90. The van der Waals surface area contributed by atoms with Crippen LogP contribution >= 0.6 is 47.8 Å². The summed E-state index contributed by atoms with van der Waals surface area (Å²) in [5.41, 5.74) is 0.827. The molecule has 2 N–H and O–H groups in total. The molecule has 2 aromatic rings. The molecular formula is C20H27Br3N2O4. The number of carbonyl (C=O) groups excluding carboxylic acids is 1. The normalized spacial score (nSPS) is 14.5. The van der Waals surface area contributed by atoms with E-state index in [1.165, 1.54) is 38.1 Å². The summed E-state index contributed by atoms with van der Waals surface area (Å²) in [5.74, 6) is 0.532. The summed E-state index contributed by atoms with van der Waals surface area (Å²) >= 11 is 9.84. The zero-order valence-corrected chi connectivity index (χ0v) is 20.2. The van der Waals surface area contributed by atoms with Crippen molar-refractivity contribution < 1.29 is 19.4 Å². The number of aromatic nitrogens is 2. The quantitative estimate of drug-likeness (QED) is 0.310. The van der Waals surface area contributed by atoms with Crippen molar-refractivity contribution in [2.75, 3.05) is 12.4 Å². The van der Waals surface area contributed by atoms with E-state index in [0.717, 1.165) is 21.4 Å². The lowest BCUT2D eigenvalue weighted by Crippen LogP contribution is -2.08. The first kappa shape index (κ1) is 26.0. The molecule has 0 amide bonds. The Labute approximate surface area is 196 Å². The van der Waals surface area contributed by atoms with Gasteiger partial charge in [0, 0.05) is 33.2 Å². The van der Waals surface area contributed by atoms with Crippen LogP contribution in [0.15, 0.2) is 33.5 Å². The van der Waals surface area contributed by atoms with Gasteiger partial charge in [-0.3, -0.25) is 0 Å². The van der Waals surface area contributed by atoms with Crippen molar-refractivity contribution in [3.05, 3.63) is 44.9 Å². The standard InChI is InChI=1S/C9H10BrNO2.C6H6BrNO2.C4H7Br.CH4/c10-7-3-8(9(12)13)11(5-7)4-6-1-2-6;1-10-6(9)5-2-4(7)3-8-5;5-3-4-1-2-4;/h3,5-6H,1-2,4H2,(H,12,13);2-3,8H,1H3;4H,1-3H2;1H4. The molecule has 0 spiro atoms. The maximum absolute atomic E-state index is 10.8. The van der Waals surface area contributed by atoms with Crippen LogP contribution in [0.3, 0.4) is 0 Å². The molecule has 2 aliphatic rings. The van der Waals surface area contributed by atoms with Crippen LogP contribution in [0.25, 0.3) is 0 Å². The molecule has 29 heavy (non-hydrogen) atoms. The lowest BCUT2D eigenvalue weighted by Gasteiger charge is -2.03. The van der Waals surface area contributed by atoms with Crippen molar-refractivity contribution in [1.29, 1.82) is 0 Å². The van der Waals surface area contributed by atoms with Gasteiger partial charge in [0.2, 0.25) is 0 Å². The molecule has 2 aromatic heterocycles. The number of carbonyl (C=O) groups is 2. The molecule has 2 saturated carbocycles. The average Bonchev–Trinajstić information content (AvgIpc) is 3.58. The van der Waals surface area contributed by atoms with Crippen molar-refractivity contribution in [2.45, 2.75) is 39.7 Å². The minimum absolute atomic E-state index is 0. The molecule has 4 rings (SSSR count). The Bertz CT molecular complexity index is 796. The number of esters is 1. The Morgan fingerprint density at radius 3 is 2.17 bits per heavy atom. The van der Waals surface area contributed by atoms with Gasteiger partial charge in [-0.1, -0.05) is 23.4 Å². The largest absolute Gasteiger partial charge is 0.477 e. The Balaban J connectivity index is 0.000000233. The lowest BCUT2D eigenvalue weighted by molar-refractivity contribution is 0.0594. The fourth-order valence-electron chi connectivity index (χ4n) is 2.25. The van der Waals surface area contributed by atoms with E-state index in [-0.39, 0.29) is 13.4 Å². The van der Waals surface area contributed by atoms with E-state index in [2.05, 4.69) is 57.5 Å². The SMILES string of the molecule is BrCC1CC1.C.COC(=O)c1cc(Br)c[nH]1.O=C(O)c1cc(Br)cn1CC1CC1. The molecule has 0 aromatic carbocycles. The van der Waals surface area contributed by atoms with Gasteiger partial charge in [0.05, 0.1) is 7.11 Å². The highest BCUT2D eigenvalue weighted by atomic mass is 79.9. The zero-order valence-electron chi connectivity index (χ0n) is 15.5. The van der Waals surface area contributed by atoms with Crippen LogP contribution in [0.5, 0.6) is 0 Å². The van der Waals surface area contributed by atoms with E-state index in [9.17, 15) is 9.59 Å². The molecule has 9 heteroatoms. The number of hydrogen-bond acceptors (Lipinski definition) is 3. The first-order valence-corrected chi connectivity index (χ1v) is 11.6. The van der Waals surface area contributed by atoms with Gasteiger partial charge in [-0.05, 0) is 81.5 Å². The highest BCUT2D eigenvalue weighted by Gasteiger charge is 2.23. The maximum atomic E-state index is 10.8. The fraction of sp³-hybridized carbons (Fsp3) is 0.500.